The molecule has 0 radical (unpaired) electrons. The van der Waals surface area contributed by atoms with Crippen LogP contribution < -0.4 is 0 Å². The number of carbonyl (C=O) groups is 2. The van der Waals surface area contributed by atoms with Crippen LogP contribution in [0, 0.1) is 0 Å². The number of ether oxygens (including phenoxy) is 1. The lowest BCUT2D eigenvalue weighted by molar-refractivity contribution is -0.136. The van der Waals surface area contributed by atoms with Crippen LogP contribution in [-0.2, 0) is 16.0 Å². The first kappa shape index (κ1) is 14.3. The minimum absolute atomic E-state index is 0.0386. The van der Waals surface area contributed by atoms with E-state index in [4.69, 9.17) is 21.4 Å². The number of aryl methyl sites for hydroxylation is 1. The minimum atomic E-state index is -0.906. The third-order valence-corrected chi connectivity index (χ3v) is 3.27. The zero-order valence-electron chi connectivity index (χ0n) is 10.9. The number of carbonyl (C=O) groups excluding carboxylic acids is 1. The Bertz CT molecular complexity index is 679. The summed E-state index contributed by atoms with van der Waals surface area (Å²) >= 11 is 5.93. The second-order valence-electron chi connectivity index (χ2n) is 4.39. The minimum Gasteiger partial charge on any atom is -0.481 e. The Kier molecular flexibility index (Phi) is 4.25. The molecule has 0 amide bonds. The third-order valence-electron chi connectivity index (χ3n) is 3.04. The van der Waals surface area contributed by atoms with Crippen molar-refractivity contribution in [3.05, 3.63) is 46.5 Å². The van der Waals surface area contributed by atoms with Crippen LogP contribution in [0.2, 0.25) is 5.02 Å². The monoisotopic (exact) mass is 292 g/mol. The number of carboxylic acids is 1. The summed E-state index contributed by atoms with van der Waals surface area (Å²) in [6, 6.07) is 8.83. The van der Waals surface area contributed by atoms with Gasteiger partial charge in [-0.1, -0.05) is 23.7 Å². The lowest BCUT2D eigenvalue weighted by Crippen LogP contribution is -2.07. The molecule has 0 heterocycles. The molecule has 0 saturated heterocycles. The molecule has 2 rings (SSSR count). The zero-order chi connectivity index (χ0) is 14.7. The van der Waals surface area contributed by atoms with Gasteiger partial charge in [0.05, 0.1) is 12.7 Å². The number of fused-ring (bicyclic) bond motifs is 1. The number of benzene rings is 2. The van der Waals surface area contributed by atoms with Gasteiger partial charge in [-0.15, -0.1) is 0 Å². The van der Waals surface area contributed by atoms with Crippen molar-refractivity contribution in [2.75, 3.05) is 7.11 Å². The Morgan fingerprint density at radius 3 is 2.60 bits per heavy atom. The van der Waals surface area contributed by atoms with Gasteiger partial charge in [-0.05, 0) is 41.0 Å². The lowest BCUT2D eigenvalue weighted by atomic mass is 9.97. The Balaban J connectivity index is 2.54. The summed E-state index contributed by atoms with van der Waals surface area (Å²) < 4.78 is 4.74. The number of aliphatic carboxylic acids is 1. The van der Waals surface area contributed by atoms with Crippen LogP contribution >= 0.6 is 11.6 Å². The van der Waals surface area contributed by atoms with Crippen LogP contribution in [0.5, 0.6) is 0 Å². The fraction of sp³-hybridized carbons (Fsp3) is 0.200. The topological polar surface area (TPSA) is 63.6 Å². The molecule has 0 bridgehead atoms. The molecule has 0 fully saturated rings. The SMILES string of the molecule is COC(=O)c1cc2cc(Cl)ccc2cc1CCC(=O)O. The fourth-order valence-corrected chi connectivity index (χ4v) is 2.24. The van der Waals surface area contributed by atoms with Crippen molar-refractivity contribution < 1.29 is 19.4 Å². The summed E-state index contributed by atoms with van der Waals surface area (Å²) in [6.45, 7) is 0. The molecule has 104 valence electrons. The lowest BCUT2D eigenvalue weighted by Gasteiger charge is -2.09. The number of hydrogen-bond acceptors (Lipinski definition) is 3. The van der Waals surface area contributed by atoms with Gasteiger partial charge < -0.3 is 9.84 Å². The summed E-state index contributed by atoms with van der Waals surface area (Å²) in [4.78, 5) is 22.5. The largest absolute Gasteiger partial charge is 0.481 e. The molecule has 0 spiro atoms. The van der Waals surface area contributed by atoms with Gasteiger partial charge >= 0.3 is 11.9 Å². The van der Waals surface area contributed by atoms with E-state index < -0.39 is 11.9 Å². The van der Waals surface area contributed by atoms with Crippen molar-refractivity contribution in [1.29, 1.82) is 0 Å². The van der Waals surface area contributed by atoms with E-state index in [0.717, 1.165) is 10.8 Å². The van der Waals surface area contributed by atoms with Gasteiger partial charge in [0.2, 0.25) is 0 Å². The molecule has 1 N–H and O–H groups in total. The van der Waals surface area contributed by atoms with Crippen LogP contribution in [-0.4, -0.2) is 24.2 Å². The molecule has 0 aromatic heterocycles. The van der Waals surface area contributed by atoms with E-state index in [1.165, 1.54) is 7.11 Å². The first-order valence-corrected chi connectivity index (χ1v) is 6.41. The van der Waals surface area contributed by atoms with E-state index in [9.17, 15) is 9.59 Å². The Labute approximate surface area is 120 Å². The van der Waals surface area contributed by atoms with Crippen molar-refractivity contribution >= 4 is 34.3 Å². The first-order valence-electron chi connectivity index (χ1n) is 6.03. The molecule has 4 nitrogen and oxygen atoms in total. The Morgan fingerprint density at radius 2 is 1.95 bits per heavy atom. The maximum Gasteiger partial charge on any atom is 0.338 e. The summed E-state index contributed by atoms with van der Waals surface area (Å²) in [7, 11) is 1.30. The molecular formula is C15H13ClO4. The number of rotatable bonds is 4. The molecule has 2 aromatic carbocycles. The molecule has 0 saturated carbocycles. The summed E-state index contributed by atoms with van der Waals surface area (Å²) in [5.41, 5.74) is 1.04. The predicted octanol–water partition coefficient (Wildman–Crippen LogP) is 3.30. The molecule has 0 atom stereocenters. The average Bonchev–Trinajstić information content (AvgIpc) is 2.43. The highest BCUT2D eigenvalue weighted by atomic mass is 35.5. The summed E-state index contributed by atoms with van der Waals surface area (Å²) in [5, 5.41) is 11.1. The summed E-state index contributed by atoms with van der Waals surface area (Å²) in [5.74, 6) is -1.38. The van der Waals surface area contributed by atoms with E-state index in [-0.39, 0.29) is 12.8 Å². The molecule has 0 aliphatic heterocycles. The standard InChI is InChI=1S/C15H13ClO4/c1-20-15(19)13-8-11-7-12(16)4-2-9(11)6-10(13)3-5-14(17)18/h2,4,6-8H,3,5H2,1H3,(H,17,18). The quantitative estimate of drug-likeness (QED) is 0.878. The molecule has 0 unspecified atom stereocenters. The van der Waals surface area contributed by atoms with Crippen LogP contribution in [0.1, 0.15) is 22.3 Å². The highest BCUT2D eigenvalue weighted by Gasteiger charge is 2.14. The highest BCUT2D eigenvalue weighted by molar-refractivity contribution is 6.31. The van der Waals surface area contributed by atoms with Gasteiger partial charge in [-0.3, -0.25) is 4.79 Å². The normalized spacial score (nSPS) is 10.5. The fourth-order valence-electron chi connectivity index (χ4n) is 2.06. The number of halogens is 1. The average molecular weight is 293 g/mol. The van der Waals surface area contributed by atoms with Crippen LogP contribution in [0.25, 0.3) is 10.8 Å². The maximum absolute atomic E-state index is 11.8. The summed E-state index contributed by atoms with van der Waals surface area (Å²) in [6.07, 6.45) is 0.238. The number of carboxylic acid groups (broad SMARTS) is 1. The van der Waals surface area contributed by atoms with Gasteiger partial charge in [0, 0.05) is 11.4 Å². The van der Waals surface area contributed by atoms with Crippen LogP contribution in [0.15, 0.2) is 30.3 Å². The molecule has 0 aliphatic rings. The van der Waals surface area contributed by atoms with Crippen molar-refractivity contribution in [3.8, 4) is 0 Å². The molecule has 20 heavy (non-hydrogen) atoms. The molecule has 5 heteroatoms. The van der Waals surface area contributed by atoms with Gasteiger partial charge in [0.1, 0.15) is 0 Å². The van der Waals surface area contributed by atoms with E-state index in [1.54, 1.807) is 24.3 Å². The number of esters is 1. The predicted molar refractivity (Wildman–Crippen MR) is 76.3 cm³/mol. The molecule has 2 aromatic rings. The second-order valence-corrected chi connectivity index (χ2v) is 4.82. The van der Waals surface area contributed by atoms with Crippen molar-refractivity contribution in [3.63, 3.8) is 0 Å². The van der Waals surface area contributed by atoms with Crippen LogP contribution in [0.4, 0.5) is 0 Å². The molecule has 0 aliphatic carbocycles. The van der Waals surface area contributed by atoms with E-state index in [0.29, 0.717) is 16.1 Å². The Hall–Kier alpha value is -2.07. The van der Waals surface area contributed by atoms with Crippen LogP contribution in [0.3, 0.4) is 0 Å². The second kappa shape index (κ2) is 5.92. The van der Waals surface area contributed by atoms with Gasteiger partial charge in [0.15, 0.2) is 0 Å². The van der Waals surface area contributed by atoms with Crippen molar-refractivity contribution in [1.82, 2.24) is 0 Å². The van der Waals surface area contributed by atoms with Gasteiger partial charge in [0.25, 0.3) is 0 Å². The number of methoxy groups -OCH3 is 1. The Morgan fingerprint density at radius 1 is 1.20 bits per heavy atom. The third kappa shape index (κ3) is 3.08. The highest BCUT2D eigenvalue weighted by Crippen LogP contribution is 2.25. The van der Waals surface area contributed by atoms with E-state index >= 15 is 0 Å². The smallest absolute Gasteiger partial charge is 0.338 e. The maximum atomic E-state index is 11.8. The van der Waals surface area contributed by atoms with E-state index in [1.807, 2.05) is 6.07 Å². The molecular weight excluding hydrogens is 280 g/mol. The van der Waals surface area contributed by atoms with Gasteiger partial charge in [-0.25, -0.2) is 4.79 Å². The first-order chi connectivity index (χ1) is 9.51. The van der Waals surface area contributed by atoms with Crippen molar-refractivity contribution in [2.45, 2.75) is 12.8 Å². The van der Waals surface area contributed by atoms with E-state index in [2.05, 4.69) is 0 Å². The number of hydrogen-bond donors (Lipinski definition) is 1. The van der Waals surface area contributed by atoms with Crippen molar-refractivity contribution in [2.24, 2.45) is 0 Å². The van der Waals surface area contributed by atoms with Gasteiger partial charge in [-0.2, -0.15) is 0 Å². The zero-order valence-corrected chi connectivity index (χ0v) is 11.6.